The van der Waals surface area contributed by atoms with Crippen molar-refractivity contribution in [3.63, 3.8) is 0 Å². The molecule has 1 aromatic heterocycles. The van der Waals surface area contributed by atoms with Crippen molar-refractivity contribution >= 4 is 17.6 Å². The normalized spacial score (nSPS) is 11.6. The molecular weight excluding hydrogens is 422 g/mol. The number of carboxylic acid groups (broad SMARTS) is 1. The molecule has 0 aliphatic heterocycles. The van der Waals surface area contributed by atoms with Gasteiger partial charge in [-0.1, -0.05) is 18.2 Å². The second-order valence-electron chi connectivity index (χ2n) is 7.58. The third kappa shape index (κ3) is 6.81. The number of nitrogens with one attached hydrogen (secondary N) is 1. The number of hydrogen-bond acceptors (Lipinski definition) is 7. The third-order valence-corrected chi connectivity index (χ3v) is 4.96. The molecule has 0 saturated heterocycles. The van der Waals surface area contributed by atoms with Crippen LogP contribution in [0.25, 0.3) is 0 Å². The predicted molar refractivity (Wildman–Crippen MR) is 127 cm³/mol. The van der Waals surface area contributed by atoms with Crippen LogP contribution in [0.3, 0.4) is 0 Å². The van der Waals surface area contributed by atoms with Crippen LogP contribution < -0.4 is 19.7 Å². The van der Waals surface area contributed by atoms with Crippen LogP contribution in [0.2, 0.25) is 0 Å². The van der Waals surface area contributed by atoms with E-state index in [1.54, 1.807) is 13.2 Å². The highest BCUT2D eigenvalue weighted by Crippen LogP contribution is 2.30. The maximum Gasteiger partial charge on any atom is 0.413 e. The number of ether oxygens (including phenoxy) is 2. The highest BCUT2D eigenvalue weighted by molar-refractivity contribution is 5.84. The van der Waals surface area contributed by atoms with Crippen LogP contribution >= 0.6 is 0 Å². The van der Waals surface area contributed by atoms with Crippen LogP contribution in [-0.4, -0.2) is 67.0 Å². The maximum absolute atomic E-state index is 12.1. The van der Waals surface area contributed by atoms with Gasteiger partial charge in [-0.3, -0.25) is 4.90 Å². The first-order valence-electron chi connectivity index (χ1n) is 10.5. The predicted octanol–water partition coefficient (Wildman–Crippen LogP) is 3.76. The summed E-state index contributed by atoms with van der Waals surface area (Å²) in [6, 6.07) is 16.3. The van der Waals surface area contributed by atoms with Gasteiger partial charge in [-0.05, 0) is 50.5 Å². The van der Waals surface area contributed by atoms with E-state index < -0.39 is 12.1 Å². The Balaban J connectivity index is 1.84. The quantitative estimate of drug-likeness (QED) is 0.455. The fraction of sp³-hybridized carbons (Fsp3) is 0.292. The first-order chi connectivity index (χ1) is 16.0. The molecule has 0 radical (unpaired) electrons. The third-order valence-electron chi connectivity index (χ3n) is 4.96. The van der Waals surface area contributed by atoms with E-state index in [1.807, 2.05) is 62.6 Å². The Kier molecular flexibility index (Phi) is 8.43. The van der Waals surface area contributed by atoms with Crippen molar-refractivity contribution < 1.29 is 19.4 Å². The Labute approximate surface area is 193 Å². The summed E-state index contributed by atoms with van der Waals surface area (Å²) in [6.45, 7) is 1.52. The zero-order valence-electron chi connectivity index (χ0n) is 19.0. The first-order valence-corrected chi connectivity index (χ1v) is 10.5. The number of methoxy groups -OCH3 is 1. The molecule has 1 atom stereocenters. The van der Waals surface area contributed by atoms with Gasteiger partial charge in [-0.25, -0.2) is 14.8 Å². The molecule has 1 amide bonds. The minimum Gasteiger partial charge on any atom is -0.496 e. The van der Waals surface area contributed by atoms with E-state index in [0.29, 0.717) is 18.2 Å². The van der Waals surface area contributed by atoms with Crippen LogP contribution in [0.4, 0.5) is 16.3 Å². The molecule has 0 saturated carbocycles. The summed E-state index contributed by atoms with van der Waals surface area (Å²) in [5.74, 6) is 1.72. The Hall–Kier alpha value is -3.85. The lowest BCUT2D eigenvalue weighted by Gasteiger charge is -2.27. The van der Waals surface area contributed by atoms with Crippen molar-refractivity contribution in [1.29, 1.82) is 0 Å². The molecule has 0 bridgehead atoms. The number of carbonyl (C=O) groups is 1. The zero-order chi connectivity index (χ0) is 23.6. The maximum atomic E-state index is 12.1. The van der Waals surface area contributed by atoms with Gasteiger partial charge in [0.1, 0.15) is 30.3 Å². The molecule has 33 heavy (non-hydrogen) atoms. The Morgan fingerprint density at radius 2 is 1.88 bits per heavy atom. The zero-order valence-corrected chi connectivity index (χ0v) is 19.0. The van der Waals surface area contributed by atoms with E-state index in [1.165, 1.54) is 17.4 Å². The van der Waals surface area contributed by atoms with Crippen molar-refractivity contribution in [3.8, 4) is 11.5 Å². The first kappa shape index (κ1) is 23.8. The number of nitrogens with zero attached hydrogens (tertiary/aromatic N) is 4. The van der Waals surface area contributed by atoms with Crippen molar-refractivity contribution in [3.05, 3.63) is 72.7 Å². The average Bonchev–Trinajstić information content (AvgIpc) is 2.82. The van der Waals surface area contributed by atoms with E-state index in [9.17, 15) is 9.90 Å². The Morgan fingerprint density at radius 1 is 1.12 bits per heavy atom. The number of anilines is 2. The Bertz CT molecular complexity index is 1010. The molecule has 2 N–H and O–H groups in total. The van der Waals surface area contributed by atoms with Gasteiger partial charge in [0.25, 0.3) is 0 Å². The van der Waals surface area contributed by atoms with Gasteiger partial charge in [0.15, 0.2) is 0 Å². The second kappa shape index (κ2) is 11.7. The van der Waals surface area contributed by atoms with Gasteiger partial charge < -0.3 is 24.8 Å². The average molecular weight is 452 g/mol. The minimum atomic E-state index is -1.11. The van der Waals surface area contributed by atoms with Crippen molar-refractivity contribution in [1.82, 2.24) is 14.9 Å². The number of rotatable bonds is 11. The van der Waals surface area contributed by atoms with E-state index >= 15 is 0 Å². The SMILES string of the molecule is COc1ccccc1C(CN(C(=O)O)c1ccncn1)Nc1ccc(OCCN(C)C)cc1. The molecule has 1 heterocycles. The topological polar surface area (TPSA) is 100 Å². The molecule has 0 spiro atoms. The summed E-state index contributed by atoms with van der Waals surface area (Å²) in [6.07, 6.45) is 1.73. The molecule has 9 nitrogen and oxygen atoms in total. The fourth-order valence-electron chi connectivity index (χ4n) is 3.27. The number of benzene rings is 2. The van der Waals surface area contributed by atoms with Gasteiger partial charge in [-0.2, -0.15) is 0 Å². The number of hydrogen-bond donors (Lipinski definition) is 2. The fourth-order valence-corrected chi connectivity index (χ4v) is 3.27. The molecule has 0 aliphatic carbocycles. The summed E-state index contributed by atoms with van der Waals surface area (Å²) < 4.78 is 11.3. The van der Waals surface area contributed by atoms with Crippen molar-refractivity contribution in [2.75, 3.05) is 51.1 Å². The monoisotopic (exact) mass is 451 g/mol. The molecule has 0 fully saturated rings. The molecule has 0 aliphatic rings. The number of amides is 1. The smallest absolute Gasteiger partial charge is 0.413 e. The standard InChI is InChI=1S/C24H29N5O4/c1-28(2)14-15-33-19-10-8-18(9-11-19)27-21(20-6-4-5-7-22(20)32-3)16-29(24(30)31)23-12-13-25-17-26-23/h4-13,17,21,27H,14-16H2,1-3H3,(H,30,31). The largest absolute Gasteiger partial charge is 0.496 e. The van der Waals surface area contributed by atoms with E-state index in [-0.39, 0.29) is 6.54 Å². The Morgan fingerprint density at radius 3 is 2.52 bits per heavy atom. The highest BCUT2D eigenvalue weighted by atomic mass is 16.5. The lowest BCUT2D eigenvalue weighted by Crippen LogP contribution is -2.36. The van der Waals surface area contributed by atoms with Gasteiger partial charge in [0.2, 0.25) is 0 Å². The van der Waals surface area contributed by atoms with Gasteiger partial charge in [0, 0.05) is 24.0 Å². The summed E-state index contributed by atoms with van der Waals surface area (Å²) in [7, 11) is 5.58. The number of aromatic nitrogens is 2. The summed E-state index contributed by atoms with van der Waals surface area (Å²) >= 11 is 0. The molecular formula is C24H29N5O4. The lowest BCUT2D eigenvalue weighted by atomic mass is 10.0. The molecule has 174 valence electrons. The van der Waals surface area contributed by atoms with Crippen LogP contribution in [0.5, 0.6) is 11.5 Å². The molecule has 2 aromatic carbocycles. The molecule has 1 unspecified atom stereocenters. The van der Waals surface area contributed by atoms with E-state index in [4.69, 9.17) is 9.47 Å². The highest BCUT2D eigenvalue weighted by Gasteiger charge is 2.24. The molecule has 3 aromatic rings. The minimum absolute atomic E-state index is 0.105. The summed E-state index contributed by atoms with van der Waals surface area (Å²) in [5.41, 5.74) is 1.64. The van der Waals surface area contributed by atoms with Crippen molar-refractivity contribution in [2.24, 2.45) is 0 Å². The summed E-state index contributed by atoms with van der Waals surface area (Å²) in [4.78, 5) is 23.3. The van der Waals surface area contributed by atoms with Gasteiger partial charge >= 0.3 is 6.09 Å². The molecule has 9 heteroatoms. The number of likely N-dealkylation sites (N-methyl/N-ethyl adjacent to an activating group) is 1. The van der Waals surface area contributed by atoms with Gasteiger partial charge in [0.05, 0.1) is 19.7 Å². The number of para-hydroxylation sites is 1. The van der Waals surface area contributed by atoms with Crippen LogP contribution in [0.1, 0.15) is 11.6 Å². The van der Waals surface area contributed by atoms with E-state index in [0.717, 1.165) is 23.5 Å². The van der Waals surface area contributed by atoms with Crippen LogP contribution in [0.15, 0.2) is 67.1 Å². The van der Waals surface area contributed by atoms with Crippen LogP contribution in [0, 0.1) is 0 Å². The van der Waals surface area contributed by atoms with E-state index in [2.05, 4.69) is 20.2 Å². The second-order valence-corrected chi connectivity index (χ2v) is 7.58. The summed E-state index contributed by atoms with van der Waals surface area (Å²) in [5, 5.41) is 13.3. The van der Waals surface area contributed by atoms with Crippen LogP contribution in [-0.2, 0) is 0 Å². The molecule has 3 rings (SSSR count). The van der Waals surface area contributed by atoms with Crippen molar-refractivity contribution in [2.45, 2.75) is 6.04 Å². The van der Waals surface area contributed by atoms with Gasteiger partial charge in [-0.15, -0.1) is 0 Å². The lowest BCUT2D eigenvalue weighted by molar-refractivity contribution is 0.201.